The van der Waals surface area contributed by atoms with Gasteiger partial charge in [0.2, 0.25) is 0 Å². The summed E-state index contributed by atoms with van der Waals surface area (Å²) in [4.78, 5) is 32.6. The van der Waals surface area contributed by atoms with Gasteiger partial charge in [-0.25, -0.2) is 4.98 Å². The number of hydrogen-bond acceptors (Lipinski definition) is 7. The average Bonchev–Trinajstić information content (AvgIpc) is 3.30. The van der Waals surface area contributed by atoms with E-state index in [4.69, 9.17) is 4.98 Å². The quantitative estimate of drug-likeness (QED) is 0.281. The summed E-state index contributed by atoms with van der Waals surface area (Å²) in [5, 5.41) is 11.6. The molecule has 0 N–H and O–H groups in total. The minimum atomic E-state index is -0.428. The van der Waals surface area contributed by atoms with E-state index in [-0.39, 0.29) is 10.9 Å². The lowest BCUT2D eigenvalue weighted by molar-refractivity contribution is -0.380. The van der Waals surface area contributed by atoms with Crippen LogP contribution in [0.2, 0.25) is 0 Å². The third kappa shape index (κ3) is 5.29. The summed E-state index contributed by atoms with van der Waals surface area (Å²) in [6.07, 6.45) is 3.90. The lowest BCUT2D eigenvalue weighted by atomic mass is 10.1. The molecule has 0 radical (unpaired) electrons. The Morgan fingerprint density at radius 3 is 2.63 bits per heavy atom. The summed E-state index contributed by atoms with van der Waals surface area (Å²) in [6, 6.07) is 7.24. The predicted molar refractivity (Wildman–Crippen MR) is 125 cm³/mol. The predicted octanol–water partition coefficient (Wildman–Crippen LogP) is 4.88. The van der Waals surface area contributed by atoms with E-state index in [0.29, 0.717) is 16.6 Å². The highest BCUT2D eigenvalue weighted by Gasteiger charge is 2.19. The van der Waals surface area contributed by atoms with Gasteiger partial charge in [-0.3, -0.25) is 19.8 Å². The van der Waals surface area contributed by atoms with Gasteiger partial charge in [-0.15, -0.1) is 0 Å². The number of amides is 1. The molecule has 158 valence electrons. The van der Waals surface area contributed by atoms with Crippen LogP contribution in [0.3, 0.4) is 0 Å². The molecule has 0 aliphatic heterocycles. The number of carbonyl (C=O) groups excluding carboxylic acids is 1. The molecule has 0 atom stereocenters. The standard InChI is InChI=1S/C21H24N4O3S2/c1-14-12-15(2)20-17(13-14)22-21(30-20)24(11-5-10-23(3)4)18(26)8-6-16-7-9-19(29-16)25(27)28/h6-9,12-13H,5,10-11H2,1-4H3. The smallest absolute Gasteiger partial charge is 0.309 e. The van der Waals surface area contributed by atoms with E-state index < -0.39 is 4.92 Å². The van der Waals surface area contributed by atoms with E-state index in [1.807, 2.05) is 27.1 Å². The van der Waals surface area contributed by atoms with E-state index in [0.717, 1.165) is 45.6 Å². The number of thiophene rings is 1. The number of hydrogen-bond donors (Lipinski definition) is 0. The molecule has 3 rings (SSSR count). The van der Waals surface area contributed by atoms with Crippen LogP contribution in [0.5, 0.6) is 0 Å². The molecule has 0 saturated carbocycles. The van der Waals surface area contributed by atoms with E-state index in [1.165, 1.54) is 23.5 Å². The van der Waals surface area contributed by atoms with Crippen molar-refractivity contribution < 1.29 is 9.72 Å². The molecule has 30 heavy (non-hydrogen) atoms. The first-order valence-electron chi connectivity index (χ1n) is 9.51. The van der Waals surface area contributed by atoms with Crippen LogP contribution < -0.4 is 4.90 Å². The van der Waals surface area contributed by atoms with E-state index in [1.54, 1.807) is 17.0 Å². The summed E-state index contributed by atoms with van der Waals surface area (Å²) in [6.45, 7) is 5.49. The van der Waals surface area contributed by atoms with Crippen molar-refractivity contribution in [3.8, 4) is 0 Å². The van der Waals surface area contributed by atoms with E-state index in [9.17, 15) is 14.9 Å². The molecule has 2 aromatic heterocycles. The average molecular weight is 445 g/mol. The Balaban J connectivity index is 1.87. The Morgan fingerprint density at radius 1 is 1.20 bits per heavy atom. The molecule has 1 amide bonds. The largest absolute Gasteiger partial charge is 0.324 e. The first kappa shape index (κ1) is 22.1. The highest BCUT2D eigenvalue weighted by Crippen LogP contribution is 2.32. The van der Waals surface area contributed by atoms with Crippen molar-refractivity contribution in [1.29, 1.82) is 0 Å². The fourth-order valence-corrected chi connectivity index (χ4v) is 4.87. The Morgan fingerprint density at radius 2 is 1.97 bits per heavy atom. The zero-order valence-electron chi connectivity index (χ0n) is 17.4. The second-order valence-electron chi connectivity index (χ2n) is 7.34. The number of thiazole rings is 1. The number of rotatable bonds is 8. The summed E-state index contributed by atoms with van der Waals surface area (Å²) >= 11 is 2.56. The molecule has 0 bridgehead atoms. The SMILES string of the molecule is Cc1cc(C)c2sc(N(CCCN(C)C)C(=O)C=Cc3ccc([N+](=O)[O-])s3)nc2c1. The van der Waals surface area contributed by atoms with Crippen molar-refractivity contribution in [2.24, 2.45) is 0 Å². The Kier molecular flexibility index (Phi) is 6.96. The highest BCUT2D eigenvalue weighted by molar-refractivity contribution is 7.22. The molecule has 7 nitrogen and oxygen atoms in total. The molecule has 0 aliphatic carbocycles. The minimum absolute atomic E-state index is 0.0574. The lowest BCUT2D eigenvalue weighted by Crippen LogP contribution is -2.32. The molecule has 9 heteroatoms. The molecule has 0 aliphatic rings. The maximum atomic E-state index is 13.0. The van der Waals surface area contributed by atoms with Crippen LogP contribution in [0.15, 0.2) is 30.3 Å². The third-order valence-corrected chi connectivity index (χ3v) is 6.71. The van der Waals surface area contributed by atoms with E-state index in [2.05, 4.69) is 17.9 Å². The third-order valence-electron chi connectivity index (χ3n) is 4.48. The van der Waals surface area contributed by atoms with Gasteiger partial charge in [0.1, 0.15) is 0 Å². The zero-order valence-corrected chi connectivity index (χ0v) is 19.0. The van der Waals surface area contributed by atoms with Crippen LogP contribution in [-0.2, 0) is 4.79 Å². The normalized spacial score (nSPS) is 11.6. The topological polar surface area (TPSA) is 79.6 Å². The summed E-state index contributed by atoms with van der Waals surface area (Å²) < 4.78 is 1.08. The summed E-state index contributed by atoms with van der Waals surface area (Å²) in [5.74, 6) is -0.182. The van der Waals surface area contributed by atoms with Crippen LogP contribution in [0, 0.1) is 24.0 Å². The first-order valence-corrected chi connectivity index (χ1v) is 11.1. The number of fused-ring (bicyclic) bond motifs is 1. The monoisotopic (exact) mass is 444 g/mol. The number of aromatic nitrogens is 1. The van der Waals surface area contributed by atoms with Gasteiger partial charge in [0.25, 0.3) is 5.91 Å². The van der Waals surface area contributed by atoms with Crippen molar-refractivity contribution in [2.45, 2.75) is 20.3 Å². The van der Waals surface area contributed by atoms with Gasteiger partial charge in [0.15, 0.2) is 5.13 Å². The van der Waals surface area contributed by atoms with Crippen molar-refractivity contribution in [3.63, 3.8) is 0 Å². The molecular formula is C21H24N4O3S2. The molecular weight excluding hydrogens is 420 g/mol. The molecule has 3 aromatic rings. The van der Waals surface area contributed by atoms with Crippen LogP contribution >= 0.6 is 22.7 Å². The van der Waals surface area contributed by atoms with Gasteiger partial charge in [0, 0.05) is 23.6 Å². The second-order valence-corrected chi connectivity index (χ2v) is 9.41. The fourth-order valence-electron chi connectivity index (χ4n) is 3.10. The number of anilines is 1. The Hall–Kier alpha value is -2.62. The molecule has 2 heterocycles. The number of nitrogens with zero attached hydrogens (tertiary/aromatic N) is 4. The van der Waals surface area contributed by atoms with Crippen LogP contribution in [0.25, 0.3) is 16.3 Å². The first-order chi connectivity index (χ1) is 14.2. The summed E-state index contributed by atoms with van der Waals surface area (Å²) in [7, 11) is 4.00. The van der Waals surface area contributed by atoms with Crippen LogP contribution in [-0.4, -0.2) is 47.9 Å². The molecule has 0 spiro atoms. The summed E-state index contributed by atoms with van der Waals surface area (Å²) in [5.41, 5.74) is 3.19. The second kappa shape index (κ2) is 9.46. The van der Waals surface area contributed by atoms with Crippen molar-refractivity contribution >= 4 is 55.0 Å². The maximum absolute atomic E-state index is 13.0. The molecule has 1 aromatic carbocycles. The Labute approximate surface area is 183 Å². The number of carbonyl (C=O) groups is 1. The van der Waals surface area contributed by atoms with Crippen molar-refractivity contribution in [1.82, 2.24) is 9.88 Å². The number of aryl methyl sites for hydroxylation is 2. The lowest BCUT2D eigenvalue weighted by Gasteiger charge is -2.19. The van der Waals surface area contributed by atoms with E-state index >= 15 is 0 Å². The molecule has 0 unspecified atom stereocenters. The van der Waals surface area contributed by atoms with Crippen molar-refractivity contribution in [2.75, 3.05) is 32.1 Å². The van der Waals surface area contributed by atoms with Crippen molar-refractivity contribution in [3.05, 3.63) is 56.5 Å². The van der Waals surface area contributed by atoms with Gasteiger partial charge in [0.05, 0.1) is 15.1 Å². The van der Waals surface area contributed by atoms with Gasteiger partial charge in [-0.05, 0) is 70.2 Å². The van der Waals surface area contributed by atoms with Crippen LogP contribution in [0.1, 0.15) is 22.4 Å². The van der Waals surface area contributed by atoms with Gasteiger partial charge < -0.3 is 4.90 Å². The van der Waals surface area contributed by atoms with Gasteiger partial charge >= 0.3 is 5.00 Å². The zero-order chi connectivity index (χ0) is 21.8. The molecule has 0 saturated heterocycles. The minimum Gasteiger partial charge on any atom is -0.309 e. The van der Waals surface area contributed by atoms with Gasteiger partial charge in [-0.1, -0.05) is 28.7 Å². The highest BCUT2D eigenvalue weighted by atomic mass is 32.1. The Bertz CT molecular complexity index is 1100. The molecule has 0 fully saturated rings. The fraction of sp³-hybridized carbons (Fsp3) is 0.333. The van der Waals surface area contributed by atoms with Crippen LogP contribution in [0.4, 0.5) is 10.1 Å². The number of nitro groups is 1. The van der Waals surface area contributed by atoms with Gasteiger partial charge in [-0.2, -0.15) is 0 Å². The maximum Gasteiger partial charge on any atom is 0.324 e. The number of benzene rings is 1.